The summed E-state index contributed by atoms with van der Waals surface area (Å²) in [6.07, 6.45) is 5.73. The van der Waals surface area contributed by atoms with Crippen molar-refractivity contribution in [3.8, 4) is 43.0 Å². The van der Waals surface area contributed by atoms with Gasteiger partial charge in [0.2, 0.25) is 0 Å². The summed E-state index contributed by atoms with van der Waals surface area (Å²) in [5.41, 5.74) is 4.93. The molecule has 0 saturated heterocycles. The SMILES string of the molecule is C#Cc1ccc2sc(-c3sc4ccc(C)c(-c5cc6ccccc6s5)c4c3-c3cc4cc(Br)ccc4s3)cc2c1. The molecule has 0 spiro atoms. The van der Waals surface area contributed by atoms with Gasteiger partial charge in [-0.05, 0) is 95.4 Å². The molecule has 0 N–H and O–H groups in total. The van der Waals surface area contributed by atoms with Crippen molar-refractivity contribution >= 4 is 102 Å². The van der Waals surface area contributed by atoms with Crippen LogP contribution >= 0.6 is 61.3 Å². The Hall–Kier alpha value is -3.24. The number of hydrogen-bond acceptors (Lipinski definition) is 4. The molecule has 4 aromatic carbocycles. The fourth-order valence-corrected chi connectivity index (χ4v) is 10.6. The maximum Gasteiger partial charge on any atom is 0.0542 e. The zero-order valence-corrected chi connectivity index (χ0v) is 26.1. The first-order valence-electron chi connectivity index (χ1n) is 12.8. The third-order valence-electron chi connectivity index (χ3n) is 7.37. The van der Waals surface area contributed by atoms with Crippen molar-refractivity contribution in [1.29, 1.82) is 0 Å². The van der Waals surface area contributed by atoms with Crippen LogP contribution in [0.2, 0.25) is 0 Å². The lowest BCUT2D eigenvalue weighted by Crippen LogP contribution is -1.83. The van der Waals surface area contributed by atoms with E-state index in [9.17, 15) is 0 Å². The molecule has 4 aromatic heterocycles. The van der Waals surface area contributed by atoms with E-state index in [2.05, 4.69) is 114 Å². The third-order valence-corrected chi connectivity index (χ3v) is 12.6. The molecular formula is C35H19BrS4. The van der Waals surface area contributed by atoms with E-state index >= 15 is 0 Å². The number of rotatable bonds is 3. The molecule has 5 heteroatoms. The molecular weight excluding hydrogens is 629 g/mol. The van der Waals surface area contributed by atoms with Gasteiger partial charge in [0.05, 0.1) is 4.88 Å². The highest BCUT2D eigenvalue weighted by Crippen LogP contribution is 2.54. The van der Waals surface area contributed by atoms with E-state index < -0.39 is 0 Å². The highest BCUT2D eigenvalue weighted by Gasteiger charge is 2.24. The maximum absolute atomic E-state index is 5.73. The van der Waals surface area contributed by atoms with E-state index in [1.165, 1.54) is 76.5 Å². The Labute approximate surface area is 256 Å². The first-order chi connectivity index (χ1) is 19.6. The van der Waals surface area contributed by atoms with Crippen LogP contribution in [0.15, 0.2) is 95.5 Å². The predicted molar refractivity (Wildman–Crippen MR) is 185 cm³/mol. The Morgan fingerprint density at radius 1 is 0.600 bits per heavy atom. The Kier molecular flexibility index (Phi) is 5.78. The first-order valence-corrected chi connectivity index (χ1v) is 16.9. The monoisotopic (exact) mass is 646 g/mol. The number of aryl methyl sites for hydroxylation is 1. The molecule has 0 amide bonds. The molecule has 8 rings (SSSR count). The number of terminal acetylenes is 1. The van der Waals surface area contributed by atoms with Gasteiger partial charge in [0.15, 0.2) is 0 Å². The minimum atomic E-state index is 0.922. The second kappa shape index (κ2) is 9.41. The van der Waals surface area contributed by atoms with Gasteiger partial charge in [-0.25, -0.2) is 0 Å². The summed E-state index contributed by atoms with van der Waals surface area (Å²) in [5.74, 6) is 2.80. The third kappa shape index (κ3) is 3.90. The number of thiophene rings is 4. The van der Waals surface area contributed by atoms with Crippen LogP contribution in [0.4, 0.5) is 0 Å². The smallest absolute Gasteiger partial charge is 0.0542 e. The Morgan fingerprint density at radius 3 is 2.08 bits per heavy atom. The summed E-state index contributed by atoms with van der Waals surface area (Å²) in [5, 5.41) is 5.14. The Morgan fingerprint density at radius 2 is 1.25 bits per heavy atom. The Balaban J connectivity index is 1.47. The van der Waals surface area contributed by atoms with E-state index in [4.69, 9.17) is 6.42 Å². The number of fused-ring (bicyclic) bond motifs is 4. The summed E-state index contributed by atoms with van der Waals surface area (Å²) >= 11 is 11.2. The molecule has 0 radical (unpaired) electrons. The van der Waals surface area contributed by atoms with E-state index in [0.29, 0.717) is 0 Å². The summed E-state index contributed by atoms with van der Waals surface area (Å²) < 4.78 is 6.32. The largest absolute Gasteiger partial charge is 0.135 e. The van der Waals surface area contributed by atoms with Crippen molar-refractivity contribution in [3.05, 3.63) is 107 Å². The van der Waals surface area contributed by atoms with Gasteiger partial charge in [0.1, 0.15) is 0 Å². The molecule has 8 aromatic rings. The average molecular weight is 648 g/mol. The van der Waals surface area contributed by atoms with Gasteiger partial charge in [-0.15, -0.1) is 51.8 Å². The molecule has 0 nitrogen and oxygen atoms in total. The lowest BCUT2D eigenvalue weighted by atomic mass is 9.97. The van der Waals surface area contributed by atoms with Crippen molar-refractivity contribution < 1.29 is 0 Å². The van der Waals surface area contributed by atoms with Gasteiger partial charge in [0, 0.05) is 60.0 Å². The molecule has 0 atom stereocenters. The van der Waals surface area contributed by atoms with Gasteiger partial charge in [0.25, 0.3) is 0 Å². The molecule has 0 unspecified atom stereocenters. The van der Waals surface area contributed by atoms with Crippen molar-refractivity contribution in [3.63, 3.8) is 0 Å². The molecule has 40 heavy (non-hydrogen) atoms. The molecule has 0 bridgehead atoms. The lowest BCUT2D eigenvalue weighted by molar-refractivity contribution is 1.52. The van der Waals surface area contributed by atoms with Crippen LogP contribution in [0.3, 0.4) is 0 Å². The van der Waals surface area contributed by atoms with E-state index in [-0.39, 0.29) is 0 Å². The van der Waals surface area contributed by atoms with Crippen molar-refractivity contribution in [1.82, 2.24) is 0 Å². The van der Waals surface area contributed by atoms with Crippen LogP contribution in [0.1, 0.15) is 11.1 Å². The maximum atomic E-state index is 5.73. The first kappa shape index (κ1) is 24.5. The minimum absolute atomic E-state index is 0.922. The van der Waals surface area contributed by atoms with Crippen LogP contribution in [-0.4, -0.2) is 0 Å². The predicted octanol–water partition coefficient (Wildman–Crippen LogP) is 12.6. The summed E-state index contributed by atoms with van der Waals surface area (Å²) in [6, 6.07) is 33.3. The van der Waals surface area contributed by atoms with Gasteiger partial charge >= 0.3 is 0 Å². The van der Waals surface area contributed by atoms with E-state index in [0.717, 1.165) is 10.0 Å². The number of halogens is 1. The van der Waals surface area contributed by atoms with Crippen molar-refractivity contribution in [2.24, 2.45) is 0 Å². The van der Waals surface area contributed by atoms with Crippen molar-refractivity contribution in [2.45, 2.75) is 6.92 Å². The zero-order chi connectivity index (χ0) is 27.0. The van der Waals surface area contributed by atoms with Crippen LogP contribution < -0.4 is 0 Å². The minimum Gasteiger partial charge on any atom is -0.135 e. The second-order valence-corrected chi connectivity index (χ2v) is 15.1. The van der Waals surface area contributed by atoms with Crippen LogP contribution in [-0.2, 0) is 0 Å². The average Bonchev–Trinajstić information content (AvgIpc) is 3.74. The molecule has 0 aliphatic heterocycles. The van der Waals surface area contributed by atoms with Gasteiger partial charge in [-0.2, -0.15) is 0 Å². The second-order valence-electron chi connectivity index (χ2n) is 9.89. The fraction of sp³-hybridized carbons (Fsp3) is 0.0286. The van der Waals surface area contributed by atoms with Crippen molar-refractivity contribution in [2.75, 3.05) is 0 Å². The van der Waals surface area contributed by atoms with Gasteiger partial charge in [-0.1, -0.05) is 46.1 Å². The highest BCUT2D eigenvalue weighted by atomic mass is 79.9. The summed E-state index contributed by atoms with van der Waals surface area (Å²) in [6.45, 7) is 2.25. The summed E-state index contributed by atoms with van der Waals surface area (Å²) in [4.78, 5) is 5.26. The van der Waals surface area contributed by atoms with E-state index in [1.54, 1.807) is 0 Å². The Bertz CT molecular complexity index is 2280. The zero-order valence-electron chi connectivity index (χ0n) is 21.2. The number of benzene rings is 4. The van der Waals surface area contributed by atoms with Gasteiger partial charge < -0.3 is 0 Å². The molecule has 0 fully saturated rings. The highest BCUT2D eigenvalue weighted by molar-refractivity contribution is 9.10. The normalized spacial score (nSPS) is 11.7. The standard InChI is InChI=1S/C35H19BrS4/c1-3-20-9-12-26-22(14-20)18-31(39-26)35-34(30-17-23-15-24(36)10-13-27(23)38-30)33-28(40-35)11-8-19(2)32(33)29-16-21-6-4-5-7-25(21)37-29/h1,4-18H,2H3. The quantitative estimate of drug-likeness (QED) is 0.167. The van der Waals surface area contributed by atoms with Crippen LogP contribution in [0.25, 0.3) is 71.0 Å². The fourth-order valence-electron chi connectivity index (χ4n) is 5.51. The number of hydrogen-bond donors (Lipinski definition) is 0. The van der Waals surface area contributed by atoms with Crippen LogP contribution in [0, 0.1) is 19.3 Å². The molecule has 4 heterocycles. The van der Waals surface area contributed by atoms with E-state index in [1.807, 2.05) is 51.4 Å². The molecule has 190 valence electrons. The van der Waals surface area contributed by atoms with Gasteiger partial charge in [-0.3, -0.25) is 0 Å². The van der Waals surface area contributed by atoms with Crippen LogP contribution in [0.5, 0.6) is 0 Å². The molecule has 0 saturated carbocycles. The molecule has 0 aliphatic rings. The molecule has 0 aliphatic carbocycles. The topological polar surface area (TPSA) is 0 Å². The lowest BCUT2D eigenvalue weighted by Gasteiger charge is -2.09. The summed E-state index contributed by atoms with van der Waals surface area (Å²) in [7, 11) is 0.